The van der Waals surface area contributed by atoms with E-state index in [-0.39, 0.29) is 5.15 Å². The van der Waals surface area contributed by atoms with Crippen molar-refractivity contribution in [2.45, 2.75) is 6.92 Å². The smallest absolute Gasteiger partial charge is 0.147 e. The minimum absolute atomic E-state index is 0.253. The van der Waals surface area contributed by atoms with Crippen LogP contribution >= 0.6 is 11.6 Å². The molecule has 2 rings (SSSR count). The van der Waals surface area contributed by atoms with E-state index in [9.17, 15) is 0 Å². The number of hydrogen-bond acceptors (Lipinski definition) is 2. The molecular weight excluding hydrogens is 220 g/mol. The van der Waals surface area contributed by atoms with Crippen molar-refractivity contribution >= 4 is 11.6 Å². The summed E-state index contributed by atoms with van der Waals surface area (Å²) >= 11 is 5.90. The molecular formula is C13H9ClN2. The molecule has 1 aromatic carbocycles. The Morgan fingerprint density at radius 3 is 2.62 bits per heavy atom. The van der Waals surface area contributed by atoms with Crippen LogP contribution in [-0.2, 0) is 0 Å². The summed E-state index contributed by atoms with van der Waals surface area (Å²) in [6.07, 6.45) is 1.62. The van der Waals surface area contributed by atoms with E-state index in [1.807, 2.05) is 37.3 Å². The average molecular weight is 229 g/mol. The SMILES string of the molecule is Cc1ccccc1-c1ccnc(Cl)c1C#N. The maximum atomic E-state index is 9.08. The summed E-state index contributed by atoms with van der Waals surface area (Å²) in [6.45, 7) is 2.00. The lowest BCUT2D eigenvalue weighted by molar-refractivity contribution is 1.30. The van der Waals surface area contributed by atoms with E-state index >= 15 is 0 Å². The molecule has 1 heterocycles. The molecule has 0 saturated carbocycles. The second kappa shape index (κ2) is 4.34. The van der Waals surface area contributed by atoms with Gasteiger partial charge in [0.2, 0.25) is 0 Å². The Morgan fingerprint density at radius 1 is 1.19 bits per heavy atom. The number of nitrogens with zero attached hydrogens (tertiary/aromatic N) is 2. The Hall–Kier alpha value is -1.85. The van der Waals surface area contributed by atoms with E-state index in [2.05, 4.69) is 11.1 Å². The lowest BCUT2D eigenvalue weighted by atomic mass is 9.98. The normalized spacial score (nSPS) is 9.81. The average Bonchev–Trinajstić information content (AvgIpc) is 2.29. The Balaban J connectivity index is 2.71. The van der Waals surface area contributed by atoms with E-state index in [0.29, 0.717) is 5.56 Å². The first-order chi connectivity index (χ1) is 7.74. The van der Waals surface area contributed by atoms with Gasteiger partial charge in [-0.1, -0.05) is 35.9 Å². The van der Waals surface area contributed by atoms with Crippen LogP contribution in [0.15, 0.2) is 36.5 Å². The third-order valence-electron chi connectivity index (χ3n) is 2.45. The summed E-state index contributed by atoms with van der Waals surface area (Å²) in [7, 11) is 0. The maximum Gasteiger partial charge on any atom is 0.147 e. The summed E-state index contributed by atoms with van der Waals surface area (Å²) in [5.74, 6) is 0. The molecule has 0 saturated heterocycles. The van der Waals surface area contributed by atoms with E-state index < -0.39 is 0 Å². The minimum Gasteiger partial charge on any atom is -0.243 e. The number of aromatic nitrogens is 1. The fourth-order valence-corrected chi connectivity index (χ4v) is 1.84. The van der Waals surface area contributed by atoms with Crippen molar-refractivity contribution in [1.82, 2.24) is 4.98 Å². The number of halogens is 1. The third-order valence-corrected chi connectivity index (χ3v) is 2.74. The van der Waals surface area contributed by atoms with Gasteiger partial charge >= 0.3 is 0 Å². The first-order valence-corrected chi connectivity index (χ1v) is 5.22. The van der Waals surface area contributed by atoms with Gasteiger partial charge < -0.3 is 0 Å². The highest BCUT2D eigenvalue weighted by Gasteiger charge is 2.10. The monoisotopic (exact) mass is 228 g/mol. The fraction of sp³-hybridized carbons (Fsp3) is 0.0769. The van der Waals surface area contributed by atoms with Crippen molar-refractivity contribution in [2.24, 2.45) is 0 Å². The van der Waals surface area contributed by atoms with Gasteiger partial charge in [-0.15, -0.1) is 0 Å². The highest BCUT2D eigenvalue weighted by Crippen LogP contribution is 2.29. The molecule has 0 fully saturated rings. The van der Waals surface area contributed by atoms with Gasteiger partial charge in [0.25, 0.3) is 0 Å². The molecule has 16 heavy (non-hydrogen) atoms. The number of benzene rings is 1. The minimum atomic E-state index is 0.253. The second-order valence-electron chi connectivity index (χ2n) is 3.45. The molecule has 0 radical (unpaired) electrons. The molecule has 0 amide bonds. The number of hydrogen-bond donors (Lipinski definition) is 0. The van der Waals surface area contributed by atoms with Crippen LogP contribution in [0.2, 0.25) is 5.15 Å². The summed E-state index contributed by atoms with van der Waals surface area (Å²) in [6, 6.07) is 11.8. The Kier molecular flexibility index (Phi) is 2.89. The molecule has 0 N–H and O–H groups in total. The van der Waals surface area contributed by atoms with Gasteiger partial charge in [-0.3, -0.25) is 0 Å². The van der Waals surface area contributed by atoms with Gasteiger partial charge in [0, 0.05) is 11.8 Å². The molecule has 0 spiro atoms. The quantitative estimate of drug-likeness (QED) is 0.700. The molecule has 0 aliphatic rings. The fourth-order valence-electron chi connectivity index (χ4n) is 1.64. The number of nitriles is 1. The molecule has 2 aromatic rings. The lowest BCUT2D eigenvalue weighted by Crippen LogP contribution is -1.90. The number of pyridine rings is 1. The summed E-state index contributed by atoms with van der Waals surface area (Å²) in [5.41, 5.74) is 3.39. The maximum absolute atomic E-state index is 9.08. The predicted molar refractivity (Wildman–Crippen MR) is 64.1 cm³/mol. The van der Waals surface area contributed by atoms with Gasteiger partial charge in [-0.25, -0.2) is 4.98 Å². The van der Waals surface area contributed by atoms with Crippen molar-refractivity contribution in [3.8, 4) is 17.2 Å². The van der Waals surface area contributed by atoms with Gasteiger partial charge in [-0.2, -0.15) is 5.26 Å². The lowest BCUT2D eigenvalue weighted by Gasteiger charge is -2.07. The highest BCUT2D eigenvalue weighted by atomic mass is 35.5. The molecule has 0 aliphatic heterocycles. The van der Waals surface area contributed by atoms with Crippen molar-refractivity contribution < 1.29 is 0 Å². The first kappa shape index (κ1) is 10.7. The predicted octanol–water partition coefficient (Wildman–Crippen LogP) is 3.58. The van der Waals surface area contributed by atoms with Gasteiger partial charge in [0.05, 0.1) is 5.56 Å². The summed E-state index contributed by atoms with van der Waals surface area (Å²) in [4.78, 5) is 3.91. The van der Waals surface area contributed by atoms with Crippen LogP contribution in [-0.4, -0.2) is 4.98 Å². The van der Waals surface area contributed by atoms with Gasteiger partial charge in [-0.05, 0) is 24.1 Å². The standard InChI is InChI=1S/C13H9ClN2/c1-9-4-2-3-5-10(9)11-6-7-16-13(14)12(11)8-15/h2-7H,1H3. The molecule has 0 unspecified atom stereocenters. The number of aryl methyl sites for hydroxylation is 1. The number of rotatable bonds is 1. The van der Waals surface area contributed by atoms with Gasteiger partial charge in [0.15, 0.2) is 0 Å². The van der Waals surface area contributed by atoms with Crippen LogP contribution < -0.4 is 0 Å². The van der Waals surface area contributed by atoms with Crippen molar-refractivity contribution in [1.29, 1.82) is 5.26 Å². The molecule has 3 heteroatoms. The zero-order chi connectivity index (χ0) is 11.5. The Labute approximate surface area is 99.1 Å². The largest absolute Gasteiger partial charge is 0.243 e. The van der Waals surface area contributed by atoms with Crippen molar-refractivity contribution in [2.75, 3.05) is 0 Å². The van der Waals surface area contributed by atoms with E-state index in [1.54, 1.807) is 6.20 Å². The molecule has 0 bridgehead atoms. The van der Waals surface area contributed by atoms with Crippen LogP contribution in [0.3, 0.4) is 0 Å². The van der Waals surface area contributed by atoms with Crippen LogP contribution in [0, 0.1) is 18.3 Å². The summed E-state index contributed by atoms with van der Waals surface area (Å²) < 4.78 is 0. The van der Waals surface area contributed by atoms with E-state index in [4.69, 9.17) is 16.9 Å². The summed E-state index contributed by atoms with van der Waals surface area (Å²) in [5, 5.41) is 9.33. The molecule has 1 aromatic heterocycles. The third kappa shape index (κ3) is 1.78. The first-order valence-electron chi connectivity index (χ1n) is 4.84. The zero-order valence-electron chi connectivity index (χ0n) is 8.74. The van der Waals surface area contributed by atoms with Crippen molar-refractivity contribution in [3.63, 3.8) is 0 Å². The highest BCUT2D eigenvalue weighted by molar-refractivity contribution is 6.31. The van der Waals surface area contributed by atoms with E-state index in [0.717, 1.165) is 16.7 Å². The molecule has 78 valence electrons. The zero-order valence-corrected chi connectivity index (χ0v) is 9.49. The topological polar surface area (TPSA) is 36.7 Å². The van der Waals surface area contributed by atoms with Crippen LogP contribution in [0.4, 0.5) is 0 Å². The Morgan fingerprint density at radius 2 is 1.94 bits per heavy atom. The second-order valence-corrected chi connectivity index (χ2v) is 3.81. The molecule has 0 atom stereocenters. The van der Waals surface area contributed by atoms with E-state index in [1.165, 1.54) is 0 Å². The van der Waals surface area contributed by atoms with Crippen LogP contribution in [0.5, 0.6) is 0 Å². The Bertz CT molecular complexity index is 570. The van der Waals surface area contributed by atoms with Crippen LogP contribution in [0.25, 0.3) is 11.1 Å². The van der Waals surface area contributed by atoms with Crippen molar-refractivity contribution in [3.05, 3.63) is 52.8 Å². The molecule has 0 aliphatic carbocycles. The molecule has 2 nitrogen and oxygen atoms in total. The van der Waals surface area contributed by atoms with Gasteiger partial charge in [0.1, 0.15) is 11.2 Å². The van der Waals surface area contributed by atoms with Crippen LogP contribution in [0.1, 0.15) is 11.1 Å².